The quantitative estimate of drug-likeness (QED) is 0.923. The molecule has 0 aliphatic heterocycles. The fourth-order valence-corrected chi connectivity index (χ4v) is 3.87. The summed E-state index contributed by atoms with van der Waals surface area (Å²) >= 11 is 0. The Morgan fingerprint density at radius 1 is 1.14 bits per heavy atom. The van der Waals surface area contributed by atoms with E-state index >= 15 is 0 Å². The third kappa shape index (κ3) is 3.68. The summed E-state index contributed by atoms with van der Waals surface area (Å²) in [4.78, 5) is 4.30. The minimum absolute atomic E-state index is 0.251. The van der Waals surface area contributed by atoms with E-state index in [9.17, 15) is 8.42 Å². The zero-order valence-electron chi connectivity index (χ0n) is 12.5. The average Bonchev–Trinajstić information content (AvgIpc) is 2.45. The highest BCUT2D eigenvalue weighted by Crippen LogP contribution is 2.22. The van der Waals surface area contributed by atoms with Crippen LogP contribution in [0.1, 0.15) is 36.1 Å². The standard InChI is InChI=1S/C16H20N2O2S/c1-4-15(14-7-9-17-10-8-14)18-21(19,20)16-6-5-12(2)11-13(16)3/h5-11,15,18H,4H2,1-3H3/t15-/m0/s1. The van der Waals surface area contributed by atoms with E-state index in [1.54, 1.807) is 18.5 Å². The van der Waals surface area contributed by atoms with E-state index in [0.717, 1.165) is 16.7 Å². The molecular formula is C16H20N2O2S. The van der Waals surface area contributed by atoms with Gasteiger partial charge in [0.25, 0.3) is 0 Å². The van der Waals surface area contributed by atoms with Crippen molar-refractivity contribution in [2.75, 3.05) is 0 Å². The molecule has 0 radical (unpaired) electrons. The predicted molar refractivity (Wildman–Crippen MR) is 83.5 cm³/mol. The van der Waals surface area contributed by atoms with Gasteiger partial charge in [0.05, 0.1) is 4.90 Å². The molecule has 0 unspecified atom stereocenters. The van der Waals surface area contributed by atoms with E-state index in [1.165, 1.54) is 0 Å². The van der Waals surface area contributed by atoms with Gasteiger partial charge in [0, 0.05) is 18.4 Å². The normalized spacial score (nSPS) is 13.1. The summed E-state index contributed by atoms with van der Waals surface area (Å²) in [6.07, 6.45) is 4.01. The zero-order valence-corrected chi connectivity index (χ0v) is 13.3. The molecule has 0 saturated heterocycles. The molecule has 2 rings (SSSR count). The van der Waals surface area contributed by atoms with Crippen LogP contribution in [-0.4, -0.2) is 13.4 Å². The number of benzene rings is 1. The van der Waals surface area contributed by atoms with Crippen molar-refractivity contribution >= 4 is 10.0 Å². The number of aryl methyl sites for hydroxylation is 2. The first-order valence-electron chi connectivity index (χ1n) is 6.93. The summed E-state index contributed by atoms with van der Waals surface area (Å²) in [6, 6.07) is 8.76. The van der Waals surface area contributed by atoms with Gasteiger partial charge in [-0.15, -0.1) is 0 Å². The van der Waals surface area contributed by atoms with Crippen LogP contribution in [0.5, 0.6) is 0 Å². The summed E-state index contributed by atoms with van der Waals surface area (Å²) in [5, 5.41) is 0. The van der Waals surface area contributed by atoms with Crippen LogP contribution in [0, 0.1) is 13.8 Å². The number of nitrogens with zero attached hydrogens (tertiary/aromatic N) is 1. The van der Waals surface area contributed by atoms with Crippen LogP contribution in [0.4, 0.5) is 0 Å². The number of rotatable bonds is 5. The Labute approximate surface area is 126 Å². The maximum Gasteiger partial charge on any atom is 0.241 e. The minimum Gasteiger partial charge on any atom is -0.265 e. The van der Waals surface area contributed by atoms with Crippen molar-refractivity contribution in [1.82, 2.24) is 9.71 Å². The zero-order chi connectivity index (χ0) is 15.5. The summed E-state index contributed by atoms with van der Waals surface area (Å²) in [7, 11) is -3.54. The molecule has 0 fully saturated rings. The van der Waals surface area contributed by atoms with Crippen LogP contribution < -0.4 is 4.72 Å². The van der Waals surface area contributed by atoms with Crippen molar-refractivity contribution in [1.29, 1.82) is 0 Å². The van der Waals surface area contributed by atoms with Crippen molar-refractivity contribution in [3.05, 3.63) is 59.4 Å². The molecule has 1 aromatic heterocycles. The number of hydrogen-bond donors (Lipinski definition) is 1. The molecule has 5 heteroatoms. The number of aromatic nitrogens is 1. The van der Waals surface area contributed by atoms with Gasteiger partial charge in [0.1, 0.15) is 0 Å². The fourth-order valence-electron chi connectivity index (χ4n) is 2.33. The number of hydrogen-bond acceptors (Lipinski definition) is 3. The molecule has 1 N–H and O–H groups in total. The maximum atomic E-state index is 12.6. The van der Waals surface area contributed by atoms with Gasteiger partial charge >= 0.3 is 0 Å². The Morgan fingerprint density at radius 3 is 2.38 bits per heavy atom. The second kappa shape index (κ2) is 6.37. The van der Waals surface area contributed by atoms with E-state index in [4.69, 9.17) is 0 Å². The molecule has 0 aliphatic carbocycles. The third-order valence-corrected chi connectivity index (χ3v) is 5.07. The first-order chi connectivity index (χ1) is 9.94. The number of nitrogens with one attached hydrogen (secondary N) is 1. The molecular weight excluding hydrogens is 284 g/mol. The molecule has 0 aliphatic rings. The molecule has 1 aromatic carbocycles. The van der Waals surface area contributed by atoms with Gasteiger partial charge in [-0.3, -0.25) is 4.98 Å². The molecule has 2 aromatic rings. The molecule has 0 amide bonds. The van der Waals surface area contributed by atoms with Crippen molar-refractivity contribution < 1.29 is 8.42 Å². The van der Waals surface area contributed by atoms with Gasteiger partial charge in [-0.05, 0) is 49.6 Å². The van der Waals surface area contributed by atoms with Crippen LogP contribution in [-0.2, 0) is 10.0 Å². The second-order valence-corrected chi connectivity index (χ2v) is 6.81. The maximum absolute atomic E-state index is 12.6. The topological polar surface area (TPSA) is 59.1 Å². The lowest BCUT2D eigenvalue weighted by Gasteiger charge is -2.18. The molecule has 0 bridgehead atoms. The molecule has 1 atom stereocenters. The van der Waals surface area contributed by atoms with Crippen LogP contribution >= 0.6 is 0 Å². The van der Waals surface area contributed by atoms with Gasteiger partial charge in [0.15, 0.2) is 0 Å². The van der Waals surface area contributed by atoms with Crippen molar-refractivity contribution in [3.63, 3.8) is 0 Å². The second-order valence-electron chi connectivity index (χ2n) is 5.13. The molecule has 0 saturated carbocycles. The lowest BCUT2D eigenvalue weighted by molar-refractivity contribution is 0.549. The van der Waals surface area contributed by atoms with Gasteiger partial charge < -0.3 is 0 Å². The van der Waals surface area contributed by atoms with E-state index in [1.807, 2.05) is 45.0 Å². The van der Waals surface area contributed by atoms with E-state index in [0.29, 0.717) is 11.3 Å². The monoisotopic (exact) mass is 304 g/mol. The van der Waals surface area contributed by atoms with Gasteiger partial charge in [-0.1, -0.05) is 24.6 Å². The fraction of sp³-hybridized carbons (Fsp3) is 0.312. The Kier molecular flexibility index (Phi) is 4.75. The summed E-state index contributed by atoms with van der Waals surface area (Å²) in [6.45, 7) is 5.72. The highest BCUT2D eigenvalue weighted by molar-refractivity contribution is 7.89. The molecule has 21 heavy (non-hydrogen) atoms. The average molecular weight is 304 g/mol. The summed E-state index contributed by atoms with van der Waals surface area (Å²) in [5.74, 6) is 0. The highest BCUT2D eigenvalue weighted by atomic mass is 32.2. The molecule has 112 valence electrons. The lowest BCUT2D eigenvalue weighted by Crippen LogP contribution is -2.28. The van der Waals surface area contributed by atoms with E-state index < -0.39 is 10.0 Å². The third-order valence-electron chi connectivity index (χ3n) is 3.43. The van der Waals surface area contributed by atoms with E-state index in [-0.39, 0.29) is 6.04 Å². The Morgan fingerprint density at radius 2 is 1.81 bits per heavy atom. The van der Waals surface area contributed by atoms with Crippen LogP contribution in [0.3, 0.4) is 0 Å². The van der Waals surface area contributed by atoms with Gasteiger partial charge in [-0.2, -0.15) is 0 Å². The SMILES string of the molecule is CC[C@H](NS(=O)(=O)c1ccc(C)cc1C)c1ccncc1. The molecule has 4 nitrogen and oxygen atoms in total. The van der Waals surface area contributed by atoms with Crippen molar-refractivity contribution in [3.8, 4) is 0 Å². The number of pyridine rings is 1. The van der Waals surface area contributed by atoms with Crippen molar-refractivity contribution in [2.24, 2.45) is 0 Å². The van der Waals surface area contributed by atoms with Crippen LogP contribution in [0.15, 0.2) is 47.6 Å². The van der Waals surface area contributed by atoms with Gasteiger partial charge in [-0.25, -0.2) is 13.1 Å². The predicted octanol–water partition coefficient (Wildman–Crippen LogP) is 3.13. The Bertz CT molecular complexity index is 712. The smallest absolute Gasteiger partial charge is 0.241 e. The number of sulfonamides is 1. The Hall–Kier alpha value is -1.72. The molecule has 1 heterocycles. The molecule has 0 spiro atoms. The Balaban J connectivity index is 2.32. The largest absolute Gasteiger partial charge is 0.265 e. The lowest BCUT2D eigenvalue weighted by atomic mass is 10.1. The first kappa shape index (κ1) is 15.7. The van der Waals surface area contributed by atoms with Gasteiger partial charge in [0.2, 0.25) is 10.0 Å². The van der Waals surface area contributed by atoms with Crippen LogP contribution in [0.2, 0.25) is 0 Å². The van der Waals surface area contributed by atoms with Crippen molar-refractivity contribution in [2.45, 2.75) is 38.1 Å². The van der Waals surface area contributed by atoms with Crippen LogP contribution in [0.25, 0.3) is 0 Å². The summed E-state index contributed by atoms with van der Waals surface area (Å²) in [5.41, 5.74) is 2.72. The summed E-state index contributed by atoms with van der Waals surface area (Å²) < 4.78 is 27.9. The minimum atomic E-state index is -3.54. The van der Waals surface area contributed by atoms with E-state index in [2.05, 4.69) is 9.71 Å². The first-order valence-corrected chi connectivity index (χ1v) is 8.42. The highest BCUT2D eigenvalue weighted by Gasteiger charge is 2.21.